The van der Waals surface area contributed by atoms with Crippen molar-refractivity contribution in [3.05, 3.63) is 23.2 Å². The Morgan fingerprint density at radius 3 is 2.77 bits per heavy atom. The SMILES string of the molecule is CCOc1ccc(NC(=O)CCC2CCNCC2)cc1Cl.Cl. The number of carbonyl (C=O) groups excluding carboxylic acids is 1. The van der Waals surface area contributed by atoms with Crippen molar-refractivity contribution in [1.29, 1.82) is 0 Å². The number of nitrogens with one attached hydrogen (secondary N) is 2. The number of halogens is 2. The Kier molecular flexibility index (Phi) is 8.61. The average Bonchev–Trinajstić information content (AvgIpc) is 2.49. The van der Waals surface area contributed by atoms with Crippen molar-refractivity contribution >= 4 is 35.6 Å². The molecule has 1 amide bonds. The zero-order valence-corrected chi connectivity index (χ0v) is 14.4. The van der Waals surface area contributed by atoms with Gasteiger partial charge in [-0.25, -0.2) is 0 Å². The highest BCUT2D eigenvalue weighted by Crippen LogP contribution is 2.28. The second-order valence-electron chi connectivity index (χ2n) is 5.36. The first-order chi connectivity index (χ1) is 10.2. The molecule has 1 aliphatic rings. The summed E-state index contributed by atoms with van der Waals surface area (Å²) >= 11 is 6.11. The van der Waals surface area contributed by atoms with Gasteiger partial charge in [0.15, 0.2) is 0 Å². The van der Waals surface area contributed by atoms with Crippen LogP contribution in [0.4, 0.5) is 5.69 Å². The summed E-state index contributed by atoms with van der Waals surface area (Å²) in [6, 6.07) is 5.34. The van der Waals surface area contributed by atoms with E-state index in [2.05, 4.69) is 10.6 Å². The second kappa shape index (κ2) is 9.93. The Morgan fingerprint density at radius 1 is 1.41 bits per heavy atom. The number of hydrogen-bond donors (Lipinski definition) is 2. The number of benzene rings is 1. The van der Waals surface area contributed by atoms with Crippen molar-refractivity contribution in [2.24, 2.45) is 5.92 Å². The van der Waals surface area contributed by atoms with E-state index in [9.17, 15) is 4.79 Å². The third-order valence-electron chi connectivity index (χ3n) is 3.75. The predicted molar refractivity (Wildman–Crippen MR) is 93.3 cm³/mol. The maximum atomic E-state index is 12.0. The van der Waals surface area contributed by atoms with Gasteiger partial charge >= 0.3 is 0 Å². The highest BCUT2D eigenvalue weighted by molar-refractivity contribution is 6.32. The van der Waals surface area contributed by atoms with Crippen LogP contribution in [0, 0.1) is 5.92 Å². The smallest absolute Gasteiger partial charge is 0.224 e. The third kappa shape index (κ3) is 6.03. The summed E-state index contributed by atoms with van der Waals surface area (Å²) < 4.78 is 5.37. The first-order valence-corrected chi connectivity index (χ1v) is 7.99. The van der Waals surface area contributed by atoms with E-state index in [0.29, 0.717) is 29.7 Å². The van der Waals surface area contributed by atoms with Crippen molar-refractivity contribution < 1.29 is 9.53 Å². The van der Waals surface area contributed by atoms with Crippen LogP contribution in [0.2, 0.25) is 5.02 Å². The van der Waals surface area contributed by atoms with Gasteiger partial charge in [0.05, 0.1) is 11.6 Å². The van der Waals surface area contributed by atoms with Crippen LogP contribution in [0.3, 0.4) is 0 Å². The molecule has 1 aromatic rings. The Bertz CT molecular complexity index is 477. The monoisotopic (exact) mass is 346 g/mol. The molecule has 1 aromatic carbocycles. The largest absolute Gasteiger partial charge is 0.492 e. The molecule has 0 spiro atoms. The molecule has 0 bridgehead atoms. The topological polar surface area (TPSA) is 50.4 Å². The molecule has 0 unspecified atom stereocenters. The van der Waals surface area contributed by atoms with Crippen LogP contribution in [-0.4, -0.2) is 25.6 Å². The normalized spacial score (nSPS) is 15.0. The number of hydrogen-bond acceptors (Lipinski definition) is 3. The minimum atomic E-state index is 0. The molecule has 2 N–H and O–H groups in total. The number of carbonyl (C=O) groups is 1. The molecule has 0 saturated carbocycles. The van der Waals surface area contributed by atoms with Crippen LogP contribution in [-0.2, 0) is 4.79 Å². The van der Waals surface area contributed by atoms with Crippen LogP contribution >= 0.6 is 24.0 Å². The fourth-order valence-corrected chi connectivity index (χ4v) is 2.82. The summed E-state index contributed by atoms with van der Waals surface area (Å²) in [5.41, 5.74) is 0.721. The molecule has 4 nitrogen and oxygen atoms in total. The molecule has 0 aromatic heterocycles. The summed E-state index contributed by atoms with van der Waals surface area (Å²) in [5, 5.41) is 6.76. The number of rotatable bonds is 6. The Morgan fingerprint density at radius 2 is 2.14 bits per heavy atom. The van der Waals surface area contributed by atoms with E-state index in [4.69, 9.17) is 16.3 Å². The van der Waals surface area contributed by atoms with Crippen LogP contribution in [0.15, 0.2) is 18.2 Å². The molecule has 1 saturated heterocycles. The van der Waals surface area contributed by atoms with Gasteiger partial charge in [0.25, 0.3) is 0 Å². The minimum absolute atomic E-state index is 0. The molecular weight excluding hydrogens is 323 g/mol. The van der Waals surface area contributed by atoms with Gasteiger partial charge in [0, 0.05) is 12.1 Å². The molecule has 1 aliphatic heterocycles. The maximum Gasteiger partial charge on any atom is 0.224 e. The van der Waals surface area contributed by atoms with E-state index in [1.807, 2.05) is 13.0 Å². The molecule has 22 heavy (non-hydrogen) atoms. The summed E-state index contributed by atoms with van der Waals surface area (Å²) in [6.45, 7) is 4.62. The lowest BCUT2D eigenvalue weighted by Gasteiger charge is -2.22. The van der Waals surface area contributed by atoms with Crippen LogP contribution in [0.5, 0.6) is 5.75 Å². The van der Waals surface area contributed by atoms with Crippen molar-refractivity contribution in [3.8, 4) is 5.75 Å². The lowest BCUT2D eigenvalue weighted by molar-refractivity contribution is -0.116. The summed E-state index contributed by atoms with van der Waals surface area (Å²) in [7, 11) is 0. The summed E-state index contributed by atoms with van der Waals surface area (Å²) in [6.07, 6.45) is 3.86. The molecule has 0 aliphatic carbocycles. The van der Waals surface area contributed by atoms with Crippen LogP contribution in [0.1, 0.15) is 32.6 Å². The maximum absolute atomic E-state index is 12.0. The molecule has 124 valence electrons. The predicted octanol–water partition coefficient (Wildman–Crippen LogP) is 3.88. The van der Waals surface area contributed by atoms with E-state index < -0.39 is 0 Å². The number of piperidine rings is 1. The lowest BCUT2D eigenvalue weighted by atomic mass is 9.93. The van der Waals surface area contributed by atoms with Crippen LogP contribution in [0.25, 0.3) is 0 Å². The summed E-state index contributed by atoms with van der Waals surface area (Å²) in [5.74, 6) is 1.36. The number of ether oxygens (including phenoxy) is 1. The van der Waals surface area contributed by atoms with Crippen molar-refractivity contribution in [1.82, 2.24) is 5.32 Å². The Labute approximate surface area is 143 Å². The van der Waals surface area contributed by atoms with Gasteiger partial charge in [-0.1, -0.05) is 11.6 Å². The van der Waals surface area contributed by atoms with Gasteiger partial charge in [0.1, 0.15) is 5.75 Å². The van der Waals surface area contributed by atoms with Gasteiger partial charge in [-0.3, -0.25) is 4.79 Å². The van der Waals surface area contributed by atoms with Gasteiger partial charge in [-0.05, 0) is 63.4 Å². The first-order valence-electron chi connectivity index (χ1n) is 7.62. The third-order valence-corrected chi connectivity index (χ3v) is 4.05. The Hall–Kier alpha value is -0.970. The van der Waals surface area contributed by atoms with E-state index in [1.165, 1.54) is 12.8 Å². The fraction of sp³-hybridized carbons (Fsp3) is 0.562. The highest BCUT2D eigenvalue weighted by Gasteiger charge is 2.14. The molecule has 0 atom stereocenters. The van der Waals surface area contributed by atoms with Crippen molar-refractivity contribution in [3.63, 3.8) is 0 Å². The van der Waals surface area contributed by atoms with Gasteiger partial charge in [-0.15, -0.1) is 12.4 Å². The number of anilines is 1. The minimum Gasteiger partial charge on any atom is -0.492 e. The van der Waals surface area contributed by atoms with E-state index in [0.717, 1.165) is 25.2 Å². The average molecular weight is 347 g/mol. The quantitative estimate of drug-likeness (QED) is 0.821. The Balaban J connectivity index is 0.00000242. The molecular formula is C16H24Cl2N2O2. The lowest BCUT2D eigenvalue weighted by Crippen LogP contribution is -2.28. The molecule has 6 heteroatoms. The van der Waals surface area contributed by atoms with Crippen LogP contribution < -0.4 is 15.4 Å². The van der Waals surface area contributed by atoms with Gasteiger partial charge in [0.2, 0.25) is 5.91 Å². The van der Waals surface area contributed by atoms with Crippen molar-refractivity contribution in [2.45, 2.75) is 32.6 Å². The molecule has 1 fully saturated rings. The zero-order chi connectivity index (χ0) is 15.1. The van der Waals surface area contributed by atoms with E-state index in [1.54, 1.807) is 12.1 Å². The molecule has 0 radical (unpaired) electrons. The highest BCUT2D eigenvalue weighted by atomic mass is 35.5. The zero-order valence-electron chi connectivity index (χ0n) is 12.9. The van der Waals surface area contributed by atoms with Gasteiger partial charge < -0.3 is 15.4 Å². The standard InChI is InChI=1S/C16H23ClN2O2.ClH/c1-2-21-15-5-4-13(11-14(15)17)19-16(20)6-3-12-7-9-18-10-8-12;/h4-5,11-12,18H,2-3,6-10H2,1H3,(H,19,20);1H. The fourth-order valence-electron chi connectivity index (χ4n) is 2.58. The molecule has 1 heterocycles. The van der Waals surface area contributed by atoms with E-state index in [-0.39, 0.29) is 18.3 Å². The summed E-state index contributed by atoms with van der Waals surface area (Å²) in [4.78, 5) is 12.0. The first kappa shape index (κ1) is 19.1. The van der Waals surface area contributed by atoms with E-state index >= 15 is 0 Å². The van der Waals surface area contributed by atoms with Gasteiger partial charge in [-0.2, -0.15) is 0 Å². The van der Waals surface area contributed by atoms with Crippen molar-refractivity contribution in [2.75, 3.05) is 25.0 Å². The number of amides is 1. The second-order valence-corrected chi connectivity index (χ2v) is 5.77. The molecule has 2 rings (SSSR count).